The van der Waals surface area contributed by atoms with E-state index in [9.17, 15) is 14.4 Å². The van der Waals surface area contributed by atoms with Gasteiger partial charge in [0.1, 0.15) is 16.3 Å². The molecule has 10 heteroatoms. The van der Waals surface area contributed by atoms with E-state index in [1.807, 2.05) is 18.2 Å². The van der Waals surface area contributed by atoms with Gasteiger partial charge in [0.2, 0.25) is 5.91 Å². The van der Waals surface area contributed by atoms with E-state index in [0.29, 0.717) is 32.6 Å². The second-order valence-electron chi connectivity index (χ2n) is 7.44. The number of carbonyl (C=O) groups is 3. The molecule has 0 bridgehead atoms. The summed E-state index contributed by atoms with van der Waals surface area (Å²) in [6, 6.07) is 14.3. The second kappa shape index (κ2) is 10.1. The SMILES string of the molecule is CNC(=O)C1CN(CC(=O)Nc2scc(-c3ccccc3Cl)c2C(=O)OC)c2ccccc2O1. The van der Waals surface area contributed by atoms with E-state index in [1.54, 1.807) is 40.6 Å². The molecule has 1 aliphatic rings. The lowest BCUT2D eigenvalue weighted by molar-refractivity contribution is -0.127. The van der Waals surface area contributed by atoms with Crippen molar-refractivity contribution in [3.8, 4) is 16.9 Å². The molecule has 2 N–H and O–H groups in total. The normalized spacial score (nSPS) is 14.6. The molecule has 1 aromatic heterocycles. The number of amides is 2. The monoisotopic (exact) mass is 499 g/mol. The number of methoxy groups -OCH3 is 1. The van der Waals surface area contributed by atoms with Gasteiger partial charge in [-0.2, -0.15) is 0 Å². The number of ether oxygens (including phenoxy) is 2. The van der Waals surface area contributed by atoms with Gasteiger partial charge in [0.15, 0.2) is 6.10 Å². The van der Waals surface area contributed by atoms with E-state index in [2.05, 4.69) is 10.6 Å². The van der Waals surface area contributed by atoms with Crippen molar-refractivity contribution in [1.82, 2.24) is 5.32 Å². The van der Waals surface area contributed by atoms with E-state index in [1.165, 1.54) is 25.5 Å². The van der Waals surface area contributed by atoms with Gasteiger partial charge in [0.25, 0.3) is 5.91 Å². The number of carbonyl (C=O) groups excluding carboxylic acids is 3. The Morgan fingerprint density at radius 1 is 1.15 bits per heavy atom. The molecular weight excluding hydrogens is 478 g/mol. The van der Waals surface area contributed by atoms with Crippen LogP contribution in [0.2, 0.25) is 5.02 Å². The second-order valence-corrected chi connectivity index (χ2v) is 8.73. The molecule has 176 valence electrons. The molecule has 3 aromatic rings. The van der Waals surface area contributed by atoms with Crippen molar-refractivity contribution in [2.75, 3.05) is 37.5 Å². The number of thiophene rings is 1. The molecular formula is C24H22ClN3O5S. The van der Waals surface area contributed by atoms with Crippen LogP contribution in [0.25, 0.3) is 11.1 Å². The molecule has 2 heterocycles. The van der Waals surface area contributed by atoms with Crippen molar-refractivity contribution >= 4 is 51.4 Å². The van der Waals surface area contributed by atoms with Gasteiger partial charge in [-0.1, -0.05) is 41.9 Å². The molecule has 2 amide bonds. The predicted octanol–water partition coefficient (Wildman–Crippen LogP) is 3.81. The molecule has 0 saturated carbocycles. The first-order valence-corrected chi connectivity index (χ1v) is 11.7. The minimum atomic E-state index is -0.758. The summed E-state index contributed by atoms with van der Waals surface area (Å²) in [7, 11) is 2.82. The van der Waals surface area contributed by atoms with Gasteiger partial charge in [0.05, 0.1) is 25.9 Å². The van der Waals surface area contributed by atoms with Crippen LogP contribution in [-0.2, 0) is 14.3 Å². The molecule has 8 nitrogen and oxygen atoms in total. The number of likely N-dealkylation sites (N-methyl/N-ethyl adjacent to an activating group) is 1. The minimum Gasteiger partial charge on any atom is -0.477 e. The largest absolute Gasteiger partial charge is 0.477 e. The number of hydrogen-bond acceptors (Lipinski definition) is 7. The molecule has 4 rings (SSSR count). The maximum atomic E-state index is 13.0. The van der Waals surface area contributed by atoms with Gasteiger partial charge in [-0.3, -0.25) is 9.59 Å². The third-order valence-corrected chi connectivity index (χ3v) is 6.56. The Labute approximate surface area is 205 Å². The first-order chi connectivity index (χ1) is 16.4. The minimum absolute atomic E-state index is 0.0478. The molecule has 2 aromatic carbocycles. The number of benzene rings is 2. The van der Waals surface area contributed by atoms with Crippen molar-refractivity contribution in [2.45, 2.75) is 6.10 Å². The van der Waals surface area contributed by atoms with Crippen molar-refractivity contribution in [1.29, 1.82) is 0 Å². The van der Waals surface area contributed by atoms with Gasteiger partial charge >= 0.3 is 5.97 Å². The molecule has 0 aliphatic carbocycles. The lowest BCUT2D eigenvalue weighted by Crippen LogP contribution is -2.50. The number of halogens is 1. The summed E-state index contributed by atoms with van der Waals surface area (Å²) in [6.45, 7) is 0.150. The van der Waals surface area contributed by atoms with Gasteiger partial charge < -0.3 is 25.0 Å². The van der Waals surface area contributed by atoms with Gasteiger partial charge in [-0.25, -0.2) is 4.79 Å². The summed E-state index contributed by atoms with van der Waals surface area (Å²) in [5, 5.41) is 8.00. The fourth-order valence-corrected chi connectivity index (χ4v) is 4.93. The number of hydrogen-bond donors (Lipinski definition) is 2. The highest BCUT2D eigenvalue weighted by Crippen LogP contribution is 2.39. The number of rotatable bonds is 6. The molecule has 1 unspecified atom stereocenters. The molecule has 34 heavy (non-hydrogen) atoms. The highest BCUT2D eigenvalue weighted by molar-refractivity contribution is 7.15. The van der Waals surface area contributed by atoms with Crippen LogP contribution >= 0.6 is 22.9 Å². The van der Waals surface area contributed by atoms with Crippen molar-refractivity contribution < 1.29 is 23.9 Å². The molecule has 1 atom stereocenters. The van der Waals surface area contributed by atoms with Crippen LogP contribution in [0.4, 0.5) is 10.7 Å². The zero-order chi connectivity index (χ0) is 24.2. The summed E-state index contributed by atoms with van der Waals surface area (Å²) >= 11 is 7.55. The quantitative estimate of drug-likeness (QED) is 0.501. The number of esters is 1. The summed E-state index contributed by atoms with van der Waals surface area (Å²) < 4.78 is 10.8. The van der Waals surface area contributed by atoms with E-state index < -0.39 is 12.1 Å². The average molecular weight is 500 g/mol. The number of para-hydroxylation sites is 2. The summed E-state index contributed by atoms with van der Waals surface area (Å²) in [5.41, 5.74) is 2.18. The van der Waals surface area contributed by atoms with Crippen LogP contribution in [0.15, 0.2) is 53.9 Å². The highest BCUT2D eigenvalue weighted by Gasteiger charge is 2.31. The van der Waals surface area contributed by atoms with E-state index in [0.717, 1.165) is 0 Å². The highest BCUT2D eigenvalue weighted by atomic mass is 35.5. The average Bonchev–Trinajstić information content (AvgIpc) is 3.26. The lowest BCUT2D eigenvalue weighted by atomic mass is 10.0. The predicted molar refractivity (Wildman–Crippen MR) is 132 cm³/mol. The zero-order valence-corrected chi connectivity index (χ0v) is 20.0. The van der Waals surface area contributed by atoms with E-state index >= 15 is 0 Å². The number of nitrogens with zero attached hydrogens (tertiary/aromatic N) is 1. The summed E-state index contributed by atoms with van der Waals surface area (Å²) in [6.07, 6.45) is -0.758. The van der Waals surface area contributed by atoms with Crippen molar-refractivity contribution in [3.63, 3.8) is 0 Å². The smallest absolute Gasteiger partial charge is 0.341 e. The Bertz CT molecular complexity index is 1240. The summed E-state index contributed by atoms with van der Waals surface area (Å²) in [5.74, 6) is -0.703. The topological polar surface area (TPSA) is 97.0 Å². The van der Waals surface area contributed by atoms with Crippen LogP contribution in [-0.4, -0.2) is 51.1 Å². The van der Waals surface area contributed by atoms with Gasteiger partial charge in [-0.05, 0) is 18.2 Å². The van der Waals surface area contributed by atoms with E-state index in [-0.39, 0.29) is 30.5 Å². The van der Waals surface area contributed by atoms with Crippen molar-refractivity contribution in [2.24, 2.45) is 0 Å². The third-order valence-electron chi connectivity index (χ3n) is 5.33. The molecule has 1 aliphatic heterocycles. The van der Waals surface area contributed by atoms with Crippen LogP contribution in [0.1, 0.15) is 10.4 Å². The lowest BCUT2D eigenvalue weighted by Gasteiger charge is -2.34. The van der Waals surface area contributed by atoms with Gasteiger partial charge in [0, 0.05) is 28.6 Å². The van der Waals surface area contributed by atoms with E-state index in [4.69, 9.17) is 21.1 Å². The molecule has 0 spiro atoms. The Morgan fingerprint density at radius 2 is 1.88 bits per heavy atom. The fourth-order valence-electron chi connectivity index (χ4n) is 3.73. The van der Waals surface area contributed by atoms with Crippen LogP contribution in [0, 0.1) is 0 Å². The standard InChI is InChI=1S/C24H22ClN3O5S/c1-26-22(30)19-11-28(17-9-5-6-10-18(17)33-19)12-20(29)27-23-21(24(31)32-2)15(13-34-23)14-7-3-4-8-16(14)25/h3-10,13,19H,11-12H2,1-2H3,(H,26,30)(H,27,29). The number of anilines is 2. The van der Waals surface area contributed by atoms with Crippen molar-refractivity contribution in [3.05, 3.63) is 64.5 Å². The maximum Gasteiger partial charge on any atom is 0.341 e. The van der Waals surface area contributed by atoms with Crippen LogP contribution in [0.3, 0.4) is 0 Å². The fraction of sp³-hybridized carbons (Fsp3) is 0.208. The molecule has 0 radical (unpaired) electrons. The third kappa shape index (κ3) is 4.71. The Kier molecular flexibility index (Phi) is 7.04. The summed E-state index contributed by atoms with van der Waals surface area (Å²) in [4.78, 5) is 39.6. The Balaban J connectivity index is 1.59. The zero-order valence-electron chi connectivity index (χ0n) is 18.5. The maximum absolute atomic E-state index is 13.0. The first-order valence-electron chi connectivity index (χ1n) is 10.4. The molecule has 0 saturated heterocycles. The Hall–Kier alpha value is -3.56. The van der Waals surface area contributed by atoms with Gasteiger partial charge in [-0.15, -0.1) is 11.3 Å². The molecule has 0 fully saturated rings. The first kappa shape index (κ1) is 23.6. The van der Waals surface area contributed by atoms with Crippen LogP contribution < -0.4 is 20.3 Å². The van der Waals surface area contributed by atoms with Crippen LogP contribution in [0.5, 0.6) is 5.75 Å². The Morgan fingerprint density at radius 3 is 2.62 bits per heavy atom. The number of nitrogens with one attached hydrogen (secondary N) is 2. The number of fused-ring (bicyclic) bond motifs is 1.